The van der Waals surface area contributed by atoms with Crippen LogP contribution in [0, 0.1) is 12.8 Å². The number of amides is 1. The maximum Gasteiger partial charge on any atom is 0.328 e. The summed E-state index contributed by atoms with van der Waals surface area (Å²) in [4.78, 5) is 34.7. The Balaban J connectivity index is 1.91. The first-order valence-corrected chi connectivity index (χ1v) is 11.6. The number of benzene rings is 2. The van der Waals surface area contributed by atoms with E-state index < -0.39 is 12.1 Å². The van der Waals surface area contributed by atoms with Crippen LogP contribution >= 0.6 is 0 Å². The van der Waals surface area contributed by atoms with E-state index in [9.17, 15) is 9.59 Å². The lowest BCUT2D eigenvalue weighted by molar-refractivity contribution is -0.142. The van der Waals surface area contributed by atoms with E-state index in [-0.39, 0.29) is 17.8 Å². The molecule has 8 heteroatoms. The maximum absolute atomic E-state index is 13.0. The lowest BCUT2D eigenvalue weighted by Gasteiger charge is -2.24. The predicted octanol–water partition coefficient (Wildman–Crippen LogP) is 4.77. The average molecular weight is 464 g/mol. The lowest BCUT2D eigenvalue weighted by atomic mass is 9.99. The zero-order chi connectivity index (χ0) is 24.7. The topological polar surface area (TPSA) is 105 Å². The molecule has 3 aromatic rings. The molecular weight excluding hydrogens is 430 g/mol. The third kappa shape index (κ3) is 5.81. The van der Waals surface area contributed by atoms with Crippen molar-refractivity contribution in [3.05, 3.63) is 54.1 Å². The first kappa shape index (κ1) is 25.0. The number of nitrogens with one attached hydrogen (secondary N) is 3. The molecular formula is C26H33N5O3. The molecule has 1 amide bonds. The molecule has 0 saturated carbocycles. The van der Waals surface area contributed by atoms with E-state index in [0.717, 1.165) is 23.1 Å². The van der Waals surface area contributed by atoms with Crippen molar-refractivity contribution in [3.63, 3.8) is 0 Å². The molecule has 0 fully saturated rings. The van der Waals surface area contributed by atoms with Crippen molar-refractivity contribution in [1.29, 1.82) is 0 Å². The number of hydrogen-bond donors (Lipinski definition) is 3. The summed E-state index contributed by atoms with van der Waals surface area (Å²) in [6.07, 6.45) is 1.33. The summed E-state index contributed by atoms with van der Waals surface area (Å²) in [7, 11) is 1.38. The normalized spacial score (nSPS) is 13.6. The van der Waals surface area contributed by atoms with E-state index in [1.807, 2.05) is 76.2 Å². The molecule has 1 heterocycles. The molecule has 0 aliphatic rings. The molecule has 3 N–H and O–H groups in total. The van der Waals surface area contributed by atoms with E-state index in [1.165, 1.54) is 7.11 Å². The molecule has 0 saturated heterocycles. The molecule has 2 aromatic carbocycles. The van der Waals surface area contributed by atoms with E-state index in [2.05, 4.69) is 25.9 Å². The first-order chi connectivity index (χ1) is 16.4. The summed E-state index contributed by atoms with van der Waals surface area (Å²) in [6, 6.07) is 14.1. The molecule has 1 aromatic heterocycles. The minimum atomic E-state index is -0.563. The molecule has 0 aliphatic heterocycles. The Morgan fingerprint density at radius 2 is 1.68 bits per heavy atom. The summed E-state index contributed by atoms with van der Waals surface area (Å²) in [5.74, 6) is 0.324. The summed E-state index contributed by atoms with van der Waals surface area (Å²) in [5.41, 5.74) is 2.45. The van der Waals surface area contributed by atoms with E-state index in [4.69, 9.17) is 4.74 Å². The zero-order valence-corrected chi connectivity index (χ0v) is 20.4. The molecule has 0 radical (unpaired) electrons. The van der Waals surface area contributed by atoms with Gasteiger partial charge < -0.3 is 20.7 Å². The average Bonchev–Trinajstić information content (AvgIpc) is 2.86. The van der Waals surface area contributed by atoms with Crippen LogP contribution in [0.25, 0.3) is 10.9 Å². The summed E-state index contributed by atoms with van der Waals surface area (Å²) < 4.78 is 5.02. The minimum absolute atomic E-state index is 0.0286. The Labute approximate surface area is 200 Å². The molecule has 8 nitrogen and oxygen atoms in total. The van der Waals surface area contributed by atoms with Gasteiger partial charge in [0, 0.05) is 11.1 Å². The summed E-state index contributed by atoms with van der Waals surface area (Å²) >= 11 is 0. The Morgan fingerprint density at radius 3 is 2.35 bits per heavy atom. The van der Waals surface area contributed by atoms with Gasteiger partial charge in [-0.3, -0.25) is 4.79 Å². The van der Waals surface area contributed by atoms with Crippen LogP contribution in [0.4, 0.5) is 17.5 Å². The van der Waals surface area contributed by atoms with Crippen LogP contribution < -0.4 is 16.0 Å². The van der Waals surface area contributed by atoms with Crippen molar-refractivity contribution in [2.45, 2.75) is 52.6 Å². The van der Waals surface area contributed by atoms with E-state index >= 15 is 0 Å². The number of nitrogens with zero attached hydrogens (tertiary/aromatic N) is 2. The van der Waals surface area contributed by atoms with Gasteiger partial charge in [0.1, 0.15) is 17.9 Å². The van der Waals surface area contributed by atoms with Gasteiger partial charge in [0.2, 0.25) is 11.9 Å². The predicted molar refractivity (Wildman–Crippen MR) is 136 cm³/mol. The highest BCUT2D eigenvalue weighted by molar-refractivity contribution is 5.97. The Morgan fingerprint density at radius 1 is 0.971 bits per heavy atom. The third-order valence-corrected chi connectivity index (χ3v) is 5.99. The Bertz CT molecular complexity index is 1150. The monoisotopic (exact) mass is 463 g/mol. The minimum Gasteiger partial charge on any atom is -0.467 e. The van der Waals surface area contributed by atoms with Gasteiger partial charge in [-0.25, -0.2) is 9.78 Å². The second kappa shape index (κ2) is 11.4. The number of esters is 1. The van der Waals surface area contributed by atoms with Crippen LogP contribution in [0.2, 0.25) is 0 Å². The number of carbonyl (C=O) groups is 2. The molecule has 0 bridgehead atoms. The van der Waals surface area contributed by atoms with Crippen molar-refractivity contribution < 1.29 is 14.3 Å². The fourth-order valence-electron chi connectivity index (χ4n) is 3.64. The number of para-hydroxylation sites is 2. The largest absolute Gasteiger partial charge is 0.467 e. The van der Waals surface area contributed by atoms with Gasteiger partial charge in [-0.1, -0.05) is 57.5 Å². The number of carbonyl (C=O) groups excluding carboxylic acids is 2. The van der Waals surface area contributed by atoms with Crippen LogP contribution in [0.3, 0.4) is 0 Å². The van der Waals surface area contributed by atoms with Gasteiger partial charge in [-0.15, -0.1) is 0 Å². The van der Waals surface area contributed by atoms with Crippen molar-refractivity contribution in [1.82, 2.24) is 9.97 Å². The quantitative estimate of drug-likeness (QED) is 0.372. The molecule has 3 atom stereocenters. The number of fused-ring (bicyclic) bond motifs is 1. The van der Waals surface area contributed by atoms with Gasteiger partial charge in [-0.2, -0.15) is 4.98 Å². The molecule has 3 rings (SSSR count). The first-order valence-electron chi connectivity index (χ1n) is 11.6. The molecule has 180 valence electrons. The van der Waals surface area contributed by atoms with Crippen molar-refractivity contribution in [2.24, 2.45) is 5.92 Å². The molecule has 34 heavy (non-hydrogen) atoms. The second-order valence-electron chi connectivity index (χ2n) is 8.35. The van der Waals surface area contributed by atoms with E-state index in [0.29, 0.717) is 23.7 Å². The number of hydrogen-bond acceptors (Lipinski definition) is 7. The standard InChI is InChI=1S/C26H33N5O3/c1-6-16(3)22(25(33)34-5)30-23-18-13-9-11-15-21(18)29-26(31-23)28-19(7-2)24(32)27-20-14-10-8-12-17(20)4/h8-16,19,22H,6-7H2,1-5H3,(H,27,32)(H2,28,29,30,31)/t16-,19-,22-/m0/s1. The van der Waals surface area contributed by atoms with Gasteiger partial charge in [0.05, 0.1) is 12.6 Å². The van der Waals surface area contributed by atoms with Crippen molar-refractivity contribution >= 4 is 40.2 Å². The molecule has 0 spiro atoms. The summed E-state index contributed by atoms with van der Waals surface area (Å²) in [5, 5.41) is 10.2. The number of aryl methyl sites for hydroxylation is 1. The van der Waals surface area contributed by atoms with Crippen LogP contribution in [-0.2, 0) is 14.3 Å². The lowest BCUT2D eigenvalue weighted by Crippen LogP contribution is -2.37. The van der Waals surface area contributed by atoms with E-state index in [1.54, 1.807) is 0 Å². The smallest absolute Gasteiger partial charge is 0.328 e. The van der Waals surface area contributed by atoms with Gasteiger partial charge in [0.15, 0.2) is 0 Å². The SMILES string of the molecule is CC[C@H](Nc1nc(N[C@H](C(=O)OC)[C@@H](C)CC)c2ccccc2n1)C(=O)Nc1ccccc1C. The zero-order valence-electron chi connectivity index (χ0n) is 20.4. The number of rotatable bonds is 10. The number of aromatic nitrogens is 2. The highest BCUT2D eigenvalue weighted by Crippen LogP contribution is 2.25. The van der Waals surface area contributed by atoms with Crippen molar-refractivity contribution in [2.75, 3.05) is 23.1 Å². The fraction of sp³-hybridized carbons (Fsp3) is 0.385. The van der Waals surface area contributed by atoms with Gasteiger partial charge in [-0.05, 0) is 43.0 Å². The highest BCUT2D eigenvalue weighted by atomic mass is 16.5. The van der Waals surface area contributed by atoms with Crippen LogP contribution in [0.5, 0.6) is 0 Å². The highest BCUT2D eigenvalue weighted by Gasteiger charge is 2.26. The Hall–Kier alpha value is -3.68. The van der Waals surface area contributed by atoms with Crippen molar-refractivity contribution in [3.8, 4) is 0 Å². The maximum atomic E-state index is 13.0. The molecule has 0 unspecified atom stereocenters. The number of anilines is 3. The van der Waals surface area contributed by atoms with Crippen LogP contribution in [-0.4, -0.2) is 41.0 Å². The summed E-state index contributed by atoms with van der Waals surface area (Å²) in [6.45, 7) is 7.88. The van der Waals surface area contributed by atoms with Gasteiger partial charge >= 0.3 is 5.97 Å². The van der Waals surface area contributed by atoms with Crippen LogP contribution in [0.1, 0.15) is 39.2 Å². The molecule has 0 aliphatic carbocycles. The Kier molecular flexibility index (Phi) is 8.40. The number of methoxy groups -OCH3 is 1. The third-order valence-electron chi connectivity index (χ3n) is 5.99. The van der Waals surface area contributed by atoms with Gasteiger partial charge in [0.25, 0.3) is 0 Å². The second-order valence-corrected chi connectivity index (χ2v) is 8.35. The fourth-order valence-corrected chi connectivity index (χ4v) is 3.64. The van der Waals surface area contributed by atoms with Crippen LogP contribution in [0.15, 0.2) is 48.5 Å². The number of ether oxygens (including phenoxy) is 1.